The normalized spacial score (nSPS) is 11.4. The SMILES string of the molecule is C/N=C(COc1ccc(CN(CC(=O)O)C(=O)Oc2ccc(OC)cc2)cc1)\C(C)=N/Nc1ccccc1. The highest BCUT2D eigenvalue weighted by Gasteiger charge is 2.20. The highest BCUT2D eigenvalue weighted by molar-refractivity contribution is 6.42. The van der Waals surface area contributed by atoms with Crippen LogP contribution in [0.2, 0.25) is 0 Å². The van der Waals surface area contributed by atoms with E-state index in [1.807, 2.05) is 37.3 Å². The maximum absolute atomic E-state index is 12.6. The molecule has 10 nitrogen and oxygen atoms in total. The predicted molar refractivity (Wildman–Crippen MR) is 146 cm³/mol. The topological polar surface area (TPSA) is 122 Å². The molecule has 10 heteroatoms. The van der Waals surface area contributed by atoms with Crippen LogP contribution in [0.5, 0.6) is 17.2 Å². The van der Waals surface area contributed by atoms with Crippen LogP contribution in [-0.2, 0) is 11.3 Å². The van der Waals surface area contributed by atoms with Gasteiger partial charge in [0.05, 0.1) is 24.2 Å². The second-order valence-corrected chi connectivity index (χ2v) is 8.07. The van der Waals surface area contributed by atoms with Gasteiger partial charge in [-0.25, -0.2) is 4.79 Å². The van der Waals surface area contributed by atoms with E-state index in [9.17, 15) is 14.7 Å². The van der Waals surface area contributed by atoms with E-state index in [1.165, 1.54) is 7.11 Å². The number of nitrogens with one attached hydrogen (secondary N) is 1. The number of hydrogen-bond acceptors (Lipinski definition) is 8. The van der Waals surface area contributed by atoms with Gasteiger partial charge in [0.1, 0.15) is 30.4 Å². The Morgan fingerprint density at radius 3 is 2.16 bits per heavy atom. The number of aliphatic carboxylic acids is 1. The first-order valence-electron chi connectivity index (χ1n) is 11.7. The number of benzene rings is 3. The summed E-state index contributed by atoms with van der Waals surface area (Å²) in [6.07, 6.45) is -0.777. The van der Waals surface area contributed by atoms with Gasteiger partial charge in [0, 0.05) is 13.6 Å². The van der Waals surface area contributed by atoms with Crippen molar-refractivity contribution in [3.05, 3.63) is 84.4 Å². The van der Waals surface area contributed by atoms with E-state index in [2.05, 4.69) is 15.5 Å². The second-order valence-electron chi connectivity index (χ2n) is 8.07. The highest BCUT2D eigenvalue weighted by Crippen LogP contribution is 2.19. The molecule has 0 saturated carbocycles. The number of amides is 1. The Balaban J connectivity index is 1.57. The fourth-order valence-electron chi connectivity index (χ4n) is 3.28. The van der Waals surface area contributed by atoms with Gasteiger partial charge >= 0.3 is 12.1 Å². The van der Waals surface area contributed by atoms with Crippen LogP contribution >= 0.6 is 0 Å². The van der Waals surface area contributed by atoms with E-state index in [0.717, 1.165) is 10.6 Å². The molecule has 2 N–H and O–H groups in total. The Morgan fingerprint density at radius 1 is 0.921 bits per heavy atom. The van der Waals surface area contributed by atoms with Gasteiger partial charge in [-0.1, -0.05) is 30.3 Å². The number of carbonyl (C=O) groups is 2. The van der Waals surface area contributed by atoms with Crippen molar-refractivity contribution in [2.45, 2.75) is 13.5 Å². The van der Waals surface area contributed by atoms with Gasteiger partial charge in [0.25, 0.3) is 0 Å². The van der Waals surface area contributed by atoms with Crippen molar-refractivity contribution in [2.75, 3.05) is 32.7 Å². The van der Waals surface area contributed by atoms with Crippen molar-refractivity contribution in [1.29, 1.82) is 0 Å². The molecule has 0 fully saturated rings. The third-order valence-corrected chi connectivity index (χ3v) is 5.34. The molecule has 0 aliphatic carbocycles. The molecule has 0 unspecified atom stereocenters. The molecule has 0 radical (unpaired) electrons. The van der Waals surface area contributed by atoms with Crippen LogP contribution in [0.25, 0.3) is 0 Å². The van der Waals surface area contributed by atoms with Gasteiger partial charge in [0.2, 0.25) is 0 Å². The largest absolute Gasteiger partial charge is 0.497 e. The first kappa shape index (κ1) is 27.7. The molecule has 0 spiro atoms. The van der Waals surface area contributed by atoms with Crippen molar-refractivity contribution in [3.8, 4) is 17.2 Å². The summed E-state index contributed by atoms with van der Waals surface area (Å²) >= 11 is 0. The first-order valence-corrected chi connectivity index (χ1v) is 11.7. The molecule has 0 saturated heterocycles. The van der Waals surface area contributed by atoms with Crippen molar-refractivity contribution in [1.82, 2.24) is 4.90 Å². The minimum absolute atomic E-state index is 0.0418. The zero-order chi connectivity index (χ0) is 27.3. The summed E-state index contributed by atoms with van der Waals surface area (Å²) in [7, 11) is 3.20. The van der Waals surface area contributed by atoms with Gasteiger partial charge in [-0.15, -0.1) is 0 Å². The number of carboxylic acids is 1. The number of aliphatic imine (C=N–C) groups is 1. The van der Waals surface area contributed by atoms with Crippen LogP contribution in [0.4, 0.5) is 10.5 Å². The van der Waals surface area contributed by atoms with Crippen LogP contribution in [0.3, 0.4) is 0 Å². The van der Waals surface area contributed by atoms with Crippen LogP contribution in [0, 0.1) is 0 Å². The molecular formula is C28H30N4O6. The van der Waals surface area contributed by atoms with Gasteiger partial charge in [-0.3, -0.25) is 20.1 Å². The second kappa shape index (κ2) is 14.0. The summed E-state index contributed by atoms with van der Waals surface area (Å²) < 4.78 is 16.3. The number of carbonyl (C=O) groups excluding carboxylic acids is 1. The quantitative estimate of drug-likeness (QED) is 0.263. The Kier molecular flexibility index (Phi) is 10.2. The summed E-state index contributed by atoms with van der Waals surface area (Å²) in [5.74, 6) is 0.324. The summed E-state index contributed by atoms with van der Waals surface area (Å²) in [6.45, 7) is 1.58. The number of hydrazone groups is 1. The van der Waals surface area contributed by atoms with E-state index in [4.69, 9.17) is 14.2 Å². The number of para-hydroxylation sites is 1. The molecule has 0 bridgehead atoms. The predicted octanol–water partition coefficient (Wildman–Crippen LogP) is 4.72. The van der Waals surface area contributed by atoms with E-state index in [-0.39, 0.29) is 18.9 Å². The number of nitrogens with zero attached hydrogens (tertiary/aromatic N) is 3. The lowest BCUT2D eigenvalue weighted by atomic mass is 10.2. The van der Waals surface area contributed by atoms with E-state index in [0.29, 0.717) is 28.5 Å². The summed E-state index contributed by atoms with van der Waals surface area (Å²) in [5.41, 5.74) is 5.92. The maximum Gasteiger partial charge on any atom is 0.416 e. The van der Waals surface area contributed by atoms with Gasteiger partial charge in [0.15, 0.2) is 0 Å². The molecule has 0 aliphatic heterocycles. The number of hydrogen-bond donors (Lipinski definition) is 2. The van der Waals surface area contributed by atoms with Crippen molar-refractivity contribution in [2.24, 2.45) is 10.1 Å². The smallest absolute Gasteiger partial charge is 0.416 e. The molecule has 3 aromatic carbocycles. The molecule has 3 aromatic rings. The molecule has 0 aromatic heterocycles. The number of rotatable bonds is 12. The van der Waals surface area contributed by atoms with Gasteiger partial charge < -0.3 is 19.3 Å². The standard InChI is InChI=1S/C28H30N4O6/c1-20(30-31-22-7-5-4-6-8-22)26(29-2)19-37-24-11-9-21(10-12-24)17-32(18-27(33)34)28(35)38-25-15-13-23(36-3)14-16-25/h4-16,31H,17-19H2,1-3H3,(H,33,34)/b29-26-,30-20-. The number of carboxylic acid groups (broad SMARTS) is 1. The zero-order valence-corrected chi connectivity index (χ0v) is 21.5. The zero-order valence-electron chi connectivity index (χ0n) is 21.5. The number of methoxy groups -OCH3 is 1. The van der Waals surface area contributed by atoms with Crippen LogP contribution in [0.1, 0.15) is 12.5 Å². The number of anilines is 1. The Hall–Kier alpha value is -4.86. The molecule has 38 heavy (non-hydrogen) atoms. The molecule has 0 atom stereocenters. The fourth-order valence-corrected chi connectivity index (χ4v) is 3.28. The minimum atomic E-state index is -1.15. The average Bonchev–Trinajstić information content (AvgIpc) is 2.93. The summed E-state index contributed by atoms with van der Waals surface area (Å²) in [4.78, 5) is 29.4. The first-order chi connectivity index (χ1) is 18.4. The maximum atomic E-state index is 12.6. The van der Waals surface area contributed by atoms with Crippen molar-refractivity contribution < 1.29 is 28.9 Å². The summed E-state index contributed by atoms with van der Waals surface area (Å²) in [5, 5.41) is 13.6. The van der Waals surface area contributed by atoms with Crippen LogP contribution < -0.4 is 19.6 Å². The number of ether oxygens (including phenoxy) is 3. The van der Waals surface area contributed by atoms with Crippen LogP contribution in [-0.4, -0.2) is 60.8 Å². The van der Waals surface area contributed by atoms with E-state index in [1.54, 1.807) is 55.6 Å². The highest BCUT2D eigenvalue weighted by atomic mass is 16.6. The van der Waals surface area contributed by atoms with E-state index < -0.39 is 18.6 Å². The van der Waals surface area contributed by atoms with Crippen molar-refractivity contribution >= 4 is 29.2 Å². The van der Waals surface area contributed by atoms with Crippen LogP contribution in [0.15, 0.2) is 89.0 Å². The third-order valence-electron chi connectivity index (χ3n) is 5.34. The van der Waals surface area contributed by atoms with E-state index >= 15 is 0 Å². The third kappa shape index (κ3) is 8.66. The molecule has 0 heterocycles. The van der Waals surface area contributed by atoms with Gasteiger partial charge in [-0.2, -0.15) is 5.10 Å². The Bertz CT molecular complexity index is 1260. The lowest BCUT2D eigenvalue weighted by Gasteiger charge is -2.20. The molecular weight excluding hydrogens is 488 g/mol. The Labute approximate surface area is 221 Å². The molecule has 0 aliphatic rings. The molecule has 1 amide bonds. The fraction of sp³-hybridized carbons (Fsp3) is 0.214. The minimum Gasteiger partial charge on any atom is -0.497 e. The average molecular weight is 519 g/mol. The summed E-state index contributed by atoms with van der Waals surface area (Å²) in [6, 6.07) is 23.0. The lowest BCUT2D eigenvalue weighted by molar-refractivity contribution is -0.138. The van der Waals surface area contributed by atoms with Crippen molar-refractivity contribution in [3.63, 3.8) is 0 Å². The van der Waals surface area contributed by atoms with Gasteiger partial charge in [-0.05, 0) is 61.0 Å². The molecule has 3 rings (SSSR count). The molecule has 198 valence electrons. The lowest BCUT2D eigenvalue weighted by Crippen LogP contribution is -2.37. The Morgan fingerprint density at radius 2 is 1.55 bits per heavy atom. The monoisotopic (exact) mass is 518 g/mol.